The predicted octanol–water partition coefficient (Wildman–Crippen LogP) is 4.81. The zero-order valence-electron chi connectivity index (χ0n) is 13.4. The molecule has 2 rings (SSSR count). The lowest BCUT2D eigenvalue weighted by molar-refractivity contribution is 0.388. The van der Waals surface area contributed by atoms with Gasteiger partial charge in [0.15, 0.2) is 0 Å². The Bertz CT molecular complexity index is 579. The van der Waals surface area contributed by atoms with Crippen LogP contribution in [0.2, 0.25) is 0 Å². The van der Waals surface area contributed by atoms with Crippen LogP contribution in [0, 0.1) is 6.92 Å². The molecule has 0 aliphatic heterocycles. The van der Waals surface area contributed by atoms with Crippen molar-refractivity contribution in [2.45, 2.75) is 39.3 Å². The minimum atomic E-state index is 0.289. The molecule has 2 nitrogen and oxygen atoms in total. The van der Waals surface area contributed by atoms with Crippen molar-refractivity contribution in [3.8, 4) is 5.75 Å². The van der Waals surface area contributed by atoms with E-state index in [1.165, 1.54) is 16.7 Å². The maximum absolute atomic E-state index is 5.49. The highest BCUT2D eigenvalue weighted by Crippen LogP contribution is 2.29. The molecule has 0 aliphatic rings. The van der Waals surface area contributed by atoms with Crippen molar-refractivity contribution in [1.82, 2.24) is 5.32 Å². The van der Waals surface area contributed by atoms with E-state index in [-0.39, 0.29) is 6.04 Å². The Morgan fingerprint density at radius 3 is 2.52 bits per heavy atom. The molecule has 0 aliphatic carbocycles. The van der Waals surface area contributed by atoms with E-state index < -0.39 is 0 Å². The third kappa shape index (κ3) is 3.85. The summed E-state index contributed by atoms with van der Waals surface area (Å²) >= 11 is 0. The van der Waals surface area contributed by atoms with Crippen LogP contribution in [-0.4, -0.2) is 7.11 Å². The van der Waals surface area contributed by atoms with Gasteiger partial charge in [0.2, 0.25) is 0 Å². The fraction of sp³-hybridized carbons (Fsp3) is 0.368. The number of benzene rings is 2. The van der Waals surface area contributed by atoms with Crippen molar-refractivity contribution in [2.75, 3.05) is 7.11 Å². The molecule has 21 heavy (non-hydrogen) atoms. The number of hydrogen-bond acceptors (Lipinski definition) is 2. The number of methoxy groups -OCH3 is 1. The Kier molecular flexibility index (Phi) is 5.40. The lowest BCUT2D eigenvalue weighted by atomic mass is 9.99. The number of aryl methyl sites for hydroxylation is 1. The molecule has 2 heteroatoms. The smallest absolute Gasteiger partial charge is 0.123 e. The molecule has 0 fully saturated rings. The van der Waals surface area contributed by atoms with Gasteiger partial charge in [0.25, 0.3) is 0 Å². The fourth-order valence-electron chi connectivity index (χ4n) is 2.72. The van der Waals surface area contributed by atoms with Crippen LogP contribution in [0.25, 0.3) is 0 Å². The van der Waals surface area contributed by atoms with Crippen molar-refractivity contribution in [1.29, 1.82) is 0 Å². The van der Waals surface area contributed by atoms with Crippen molar-refractivity contribution in [3.63, 3.8) is 0 Å². The summed E-state index contributed by atoms with van der Waals surface area (Å²) in [6, 6.07) is 17.5. The number of hydrogen-bond donors (Lipinski definition) is 1. The Labute approximate surface area is 128 Å². The topological polar surface area (TPSA) is 21.3 Å². The van der Waals surface area contributed by atoms with Gasteiger partial charge in [-0.25, -0.2) is 0 Å². The summed E-state index contributed by atoms with van der Waals surface area (Å²) in [5.74, 6) is 0.952. The van der Waals surface area contributed by atoms with Crippen LogP contribution >= 0.6 is 0 Å². The third-order valence-corrected chi connectivity index (χ3v) is 3.92. The molecule has 0 amide bonds. The summed E-state index contributed by atoms with van der Waals surface area (Å²) in [6.45, 7) is 6.55. The molecule has 112 valence electrons. The Morgan fingerprint density at radius 1 is 1.10 bits per heavy atom. The van der Waals surface area contributed by atoms with Gasteiger partial charge in [0.1, 0.15) is 5.75 Å². The largest absolute Gasteiger partial charge is 0.496 e. The highest BCUT2D eigenvalue weighted by atomic mass is 16.5. The summed E-state index contributed by atoms with van der Waals surface area (Å²) in [5, 5.41) is 3.72. The van der Waals surface area contributed by atoms with E-state index in [9.17, 15) is 0 Å². The normalized spacial score (nSPS) is 13.7. The summed E-state index contributed by atoms with van der Waals surface area (Å²) < 4.78 is 5.49. The Morgan fingerprint density at radius 2 is 1.86 bits per heavy atom. The molecule has 0 aromatic heterocycles. The zero-order chi connectivity index (χ0) is 15.2. The van der Waals surface area contributed by atoms with Gasteiger partial charge < -0.3 is 10.1 Å². The van der Waals surface area contributed by atoms with Gasteiger partial charge in [-0.05, 0) is 31.9 Å². The van der Waals surface area contributed by atoms with E-state index in [2.05, 4.69) is 62.5 Å². The number of rotatable bonds is 6. The van der Waals surface area contributed by atoms with Gasteiger partial charge >= 0.3 is 0 Å². The first-order valence-corrected chi connectivity index (χ1v) is 7.61. The highest BCUT2D eigenvalue weighted by molar-refractivity contribution is 5.36. The standard InChI is InChI=1S/C19H25NO/c1-5-18(17-11-6-7-12-19(17)21-4)20-15(3)16-10-8-9-14(2)13-16/h6-13,15,18,20H,5H2,1-4H3. The van der Waals surface area contributed by atoms with E-state index in [4.69, 9.17) is 4.74 Å². The van der Waals surface area contributed by atoms with E-state index in [0.717, 1.165) is 12.2 Å². The van der Waals surface area contributed by atoms with Crippen molar-refractivity contribution < 1.29 is 4.74 Å². The summed E-state index contributed by atoms with van der Waals surface area (Å²) in [7, 11) is 1.73. The van der Waals surface area contributed by atoms with Gasteiger partial charge in [-0.1, -0.05) is 55.0 Å². The molecule has 0 saturated carbocycles. The van der Waals surface area contributed by atoms with Crippen molar-refractivity contribution in [3.05, 3.63) is 65.2 Å². The molecule has 2 atom stereocenters. The lowest BCUT2D eigenvalue weighted by Crippen LogP contribution is -2.24. The Hall–Kier alpha value is -1.80. The van der Waals surface area contributed by atoms with Gasteiger partial charge in [0.05, 0.1) is 7.11 Å². The average molecular weight is 283 g/mol. The molecule has 2 aromatic carbocycles. The molecule has 1 N–H and O–H groups in total. The minimum Gasteiger partial charge on any atom is -0.496 e. The molecule has 2 aromatic rings. The van der Waals surface area contributed by atoms with Crippen LogP contribution in [0.15, 0.2) is 48.5 Å². The SMILES string of the molecule is CCC(NC(C)c1cccc(C)c1)c1ccccc1OC. The molecule has 0 spiro atoms. The van der Waals surface area contributed by atoms with Crippen molar-refractivity contribution >= 4 is 0 Å². The zero-order valence-corrected chi connectivity index (χ0v) is 13.4. The molecule has 0 heterocycles. The second-order valence-electron chi connectivity index (χ2n) is 5.51. The van der Waals surface area contributed by atoms with Gasteiger partial charge in [0, 0.05) is 17.6 Å². The van der Waals surface area contributed by atoms with E-state index in [0.29, 0.717) is 6.04 Å². The summed E-state index contributed by atoms with van der Waals surface area (Å²) in [5.41, 5.74) is 3.84. The van der Waals surface area contributed by atoms with E-state index in [1.54, 1.807) is 7.11 Å². The first-order chi connectivity index (χ1) is 10.2. The number of para-hydroxylation sites is 1. The second-order valence-corrected chi connectivity index (χ2v) is 5.51. The van der Waals surface area contributed by atoms with Gasteiger partial charge in [-0.15, -0.1) is 0 Å². The second kappa shape index (κ2) is 7.28. The number of ether oxygens (including phenoxy) is 1. The van der Waals surface area contributed by atoms with Crippen LogP contribution in [-0.2, 0) is 0 Å². The molecule has 0 radical (unpaired) electrons. The molecule has 0 saturated heterocycles. The third-order valence-electron chi connectivity index (χ3n) is 3.92. The monoisotopic (exact) mass is 283 g/mol. The van der Waals surface area contributed by atoms with E-state index in [1.807, 2.05) is 12.1 Å². The predicted molar refractivity (Wildman–Crippen MR) is 88.8 cm³/mol. The van der Waals surface area contributed by atoms with Crippen LogP contribution in [0.4, 0.5) is 0 Å². The van der Waals surface area contributed by atoms with Crippen LogP contribution in [0.5, 0.6) is 5.75 Å². The summed E-state index contributed by atoms with van der Waals surface area (Å²) in [4.78, 5) is 0. The highest BCUT2D eigenvalue weighted by Gasteiger charge is 2.17. The number of nitrogens with one attached hydrogen (secondary N) is 1. The molecule has 2 unspecified atom stereocenters. The van der Waals surface area contributed by atoms with Crippen LogP contribution < -0.4 is 10.1 Å². The van der Waals surface area contributed by atoms with Gasteiger partial charge in [-0.2, -0.15) is 0 Å². The average Bonchev–Trinajstić information content (AvgIpc) is 2.52. The van der Waals surface area contributed by atoms with Crippen LogP contribution in [0.3, 0.4) is 0 Å². The molecular weight excluding hydrogens is 258 g/mol. The van der Waals surface area contributed by atoms with Crippen molar-refractivity contribution in [2.24, 2.45) is 0 Å². The lowest BCUT2D eigenvalue weighted by Gasteiger charge is -2.24. The molecule has 0 bridgehead atoms. The minimum absolute atomic E-state index is 0.289. The first kappa shape index (κ1) is 15.6. The maximum Gasteiger partial charge on any atom is 0.123 e. The first-order valence-electron chi connectivity index (χ1n) is 7.61. The van der Waals surface area contributed by atoms with Gasteiger partial charge in [-0.3, -0.25) is 0 Å². The molecular formula is C19H25NO. The van der Waals surface area contributed by atoms with E-state index >= 15 is 0 Å². The van der Waals surface area contributed by atoms with Crippen LogP contribution in [0.1, 0.15) is 49.0 Å². The maximum atomic E-state index is 5.49. The summed E-state index contributed by atoms with van der Waals surface area (Å²) in [6.07, 6.45) is 1.02. The Balaban J connectivity index is 2.19. The quantitative estimate of drug-likeness (QED) is 0.821. The fourth-order valence-corrected chi connectivity index (χ4v) is 2.72.